The summed E-state index contributed by atoms with van der Waals surface area (Å²) in [5, 5.41) is 10.5. The molecule has 2 heterocycles. The van der Waals surface area contributed by atoms with Gasteiger partial charge in [0.15, 0.2) is 0 Å². The van der Waals surface area contributed by atoms with Gasteiger partial charge in [0.2, 0.25) is 11.8 Å². The highest BCUT2D eigenvalue weighted by Crippen LogP contribution is 2.17. The third kappa shape index (κ3) is 3.40. The lowest BCUT2D eigenvalue weighted by Gasteiger charge is -2.26. The van der Waals surface area contributed by atoms with Crippen molar-refractivity contribution in [2.45, 2.75) is 6.54 Å². The van der Waals surface area contributed by atoms with Gasteiger partial charge in [-0.25, -0.2) is 9.18 Å². The molecule has 2 amide bonds. The number of carbonyl (C=O) groups is 1. The Morgan fingerprint density at radius 2 is 1.95 bits per heavy atom. The van der Waals surface area contributed by atoms with Crippen LogP contribution in [0.2, 0.25) is 0 Å². The van der Waals surface area contributed by atoms with E-state index in [0.717, 1.165) is 0 Å². The smallest absolute Gasteiger partial charge is 0.317 e. The first-order valence-corrected chi connectivity index (χ1v) is 6.91. The Kier molecular flexibility index (Phi) is 4.29. The number of urea groups is 1. The first kappa shape index (κ1) is 14.5. The standard InChI is InChI=1S/C14H15FN4O3/c15-11-3-1-10(2-4-11)13-18-17-12(22-13)9-16-14(20)19-5-7-21-8-6-19/h1-4H,5-9H2,(H,16,20). The van der Waals surface area contributed by atoms with Crippen LogP contribution < -0.4 is 5.32 Å². The van der Waals surface area contributed by atoms with Crippen LogP contribution in [0, 0.1) is 5.82 Å². The van der Waals surface area contributed by atoms with Crippen molar-refractivity contribution in [2.24, 2.45) is 0 Å². The van der Waals surface area contributed by atoms with Gasteiger partial charge in [-0.05, 0) is 24.3 Å². The first-order valence-electron chi connectivity index (χ1n) is 6.91. The zero-order valence-corrected chi connectivity index (χ0v) is 11.8. The quantitative estimate of drug-likeness (QED) is 0.927. The Bertz CT molecular complexity index is 638. The summed E-state index contributed by atoms with van der Waals surface area (Å²) < 4.78 is 23.5. The van der Waals surface area contributed by atoms with E-state index in [0.29, 0.717) is 37.8 Å². The molecule has 1 aromatic carbocycles. The second-order valence-electron chi connectivity index (χ2n) is 4.77. The van der Waals surface area contributed by atoms with Crippen molar-refractivity contribution in [2.75, 3.05) is 26.3 Å². The summed E-state index contributed by atoms with van der Waals surface area (Å²) in [7, 11) is 0. The molecular formula is C14H15FN4O3. The minimum absolute atomic E-state index is 0.143. The zero-order valence-electron chi connectivity index (χ0n) is 11.8. The van der Waals surface area contributed by atoms with Gasteiger partial charge in [-0.2, -0.15) is 0 Å². The number of nitrogens with one attached hydrogen (secondary N) is 1. The fraction of sp³-hybridized carbons (Fsp3) is 0.357. The molecule has 0 atom stereocenters. The molecule has 1 fully saturated rings. The molecule has 0 spiro atoms. The molecule has 7 nitrogen and oxygen atoms in total. The molecule has 2 aromatic rings. The summed E-state index contributed by atoms with van der Waals surface area (Å²) >= 11 is 0. The number of nitrogens with zero attached hydrogens (tertiary/aromatic N) is 3. The lowest BCUT2D eigenvalue weighted by Crippen LogP contribution is -2.45. The zero-order chi connectivity index (χ0) is 15.4. The molecule has 3 rings (SSSR count). The highest BCUT2D eigenvalue weighted by atomic mass is 19.1. The molecular weight excluding hydrogens is 291 g/mol. The number of halogens is 1. The van der Waals surface area contributed by atoms with Gasteiger partial charge >= 0.3 is 6.03 Å². The molecule has 0 radical (unpaired) electrons. The van der Waals surface area contributed by atoms with Gasteiger partial charge in [-0.3, -0.25) is 0 Å². The lowest BCUT2D eigenvalue weighted by atomic mass is 10.2. The van der Waals surface area contributed by atoms with E-state index in [-0.39, 0.29) is 24.3 Å². The van der Waals surface area contributed by atoms with Gasteiger partial charge in [0.1, 0.15) is 5.82 Å². The van der Waals surface area contributed by atoms with Crippen molar-refractivity contribution in [3.8, 4) is 11.5 Å². The van der Waals surface area contributed by atoms with Crippen molar-refractivity contribution in [3.63, 3.8) is 0 Å². The molecule has 116 valence electrons. The number of rotatable bonds is 3. The minimum atomic E-state index is -0.332. The fourth-order valence-electron chi connectivity index (χ4n) is 2.06. The summed E-state index contributed by atoms with van der Waals surface area (Å²) in [5.74, 6) is 0.248. The molecule has 0 aliphatic carbocycles. The van der Waals surface area contributed by atoms with Gasteiger partial charge in [-0.1, -0.05) is 0 Å². The monoisotopic (exact) mass is 306 g/mol. The normalized spacial score (nSPS) is 14.9. The molecule has 8 heteroatoms. The third-order valence-corrected chi connectivity index (χ3v) is 3.25. The van der Waals surface area contributed by atoms with Crippen LogP contribution in [0.3, 0.4) is 0 Å². The third-order valence-electron chi connectivity index (χ3n) is 3.25. The van der Waals surface area contributed by atoms with Crippen LogP contribution in [0.4, 0.5) is 9.18 Å². The molecule has 0 bridgehead atoms. The Balaban J connectivity index is 1.57. The van der Waals surface area contributed by atoms with Crippen LogP contribution in [0.5, 0.6) is 0 Å². The van der Waals surface area contributed by atoms with Gasteiger partial charge < -0.3 is 19.4 Å². The Labute approximate surface area is 126 Å². The maximum absolute atomic E-state index is 12.9. The van der Waals surface area contributed by atoms with Gasteiger partial charge in [-0.15, -0.1) is 10.2 Å². The highest BCUT2D eigenvalue weighted by molar-refractivity contribution is 5.74. The molecule has 1 N–H and O–H groups in total. The Hall–Kier alpha value is -2.48. The van der Waals surface area contributed by atoms with E-state index in [9.17, 15) is 9.18 Å². The number of carbonyl (C=O) groups excluding carboxylic acids is 1. The summed E-state index contributed by atoms with van der Waals surface area (Å²) in [4.78, 5) is 13.6. The molecule has 1 aliphatic rings. The van der Waals surface area contributed by atoms with Gasteiger partial charge in [0, 0.05) is 18.7 Å². The van der Waals surface area contributed by atoms with Crippen molar-refractivity contribution in [3.05, 3.63) is 36.0 Å². The van der Waals surface area contributed by atoms with Crippen molar-refractivity contribution in [1.82, 2.24) is 20.4 Å². The topological polar surface area (TPSA) is 80.5 Å². The van der Waals surface area contributed by atoms with E-state index in [2.05, 4.69) is 15.5 Å². The number of aromatic nitrogens is 2. The Morgan fingerprint density at radius 1 is 1.23 bits per heavy atom. The second-order valence-corrected chi connectivity index (χ2v) is 4.77. The summed E-state index contributed by atoms with van der Waals surface area (Å²) in [6, 6.07) is 5.56. The van der Waals surface area contributed by atoms with E-state index >= 15 is 0 Å². The van der Waals surface area contributed by atoms with Gasteiger partial charge in [0.05, 0.1) is 19.8 Å². The van der Waals surface area contributed by atoms with E-state index in [1.165, 1.54) is 12.1 Å². The number of amides is 2. The van der Waals surface area contributed by atoms with E-state index < -0.39 is 0 Å². The first-order chi connectivity index (χ1) is 10.7. The average Bonchev–Trinajstić information content (AvgIpc) is 3.03. The molecule has 22 heavy (non-hydrogen) atoms. The van der Waals surface area contributed by atoms with E-state index in [1.54, 1.807) is 17.0 Å². The molecule has 1 aliphatic heterocycles. The number of hydrogen-bond acceptors (Lipinski definition) is 5. The fourth-order valence-corrected chi connectivity index (χ4v) is 2.06. The van der Waals surface area contributed by atoms with E-state index in [1.807, 2.05) is 0 Å². The van der Waals surface area contributed by atoms with Crippen LogP contribution in [0.25, 0.3) is 11.5 Å². The predicted octanol–water partition coefficient (Wildman–Crippen LogP) is 1.42. The van der Waals surface area contributed by atoms with Crippen LogP contribution in [0.1, 0.15) is 5.89 Å². The number of hydrogen-bond donors (Lipinski definition) is 1. The summed E-state index contributed by atoms with van der Waals surface area (Å²) in [6.45, 7) is 2.36. The molecule has 0 saturated carbocycles. The molecule has 0 unspecified atom stereocenters. The minimum Gasteiger partial charge on any atom is -0.419 e. The van der Waals surface area contributed by atoms with Crippen LogP contribution >= 0.6 is 0 Å². The predicted molar refractivity (Wildman–Crippen MR) is 74.3 cm³/mol. The van der Waals surface area contributed by atoms with Crippen molar-refractivity contribution in [1.29, 1.82) is 0 Å². The summed E-state index contributed by atoms with van der Waals surface area (Å²) in [5.41, 5.74) is 0.625. The van der Waals surface area contributed by atoms with Crippen LogP contribution in [-0.4, -0.2) is 47.4 Å². The largest absolute Gasteiger partial charge is 0.419 e. The summed E-state index contributed by atoms with van der Waals surface area (Å²) in [6.07, 6.45) is 0. The average molecular weight is 306 g/mol. The molecule has 1 saturated heterocycles. The van der Waals surface area contributed by atoms with Crippen molar-refractivity contribution >= 4 is 6.03 Å². The van der Waals surface area contributed by atoms with Crippen molar-refractivity contribution < 1.29 is 18.3 Å². The van der Waals surface area contributed by atoms with E-state index in [4.69, 9.17) is 9.15 Å². The Morgan fingerprint density at radius 3 is 2.68 bits per heavy atom. The number of ether oxygens (including phenoxy) is 1. The SMILES string of the molecule is O=C(NCc1nnc(-c2ccc(F)cc2)o1)N1CCOCC1. The lowest BCUT2D eigenvalue weighted by molar-refractivity contribution is 0.0530. The van der Waals surface area contributed by atoms with Gasteiger partial charge in [0.25, 0.3) is 0 Å². The maximum atomic E-state index is 12.9. The van der Waals surface area contributed by atoms with Crippen LogP contribution in [-0.2, 0) is 11.3 Å². The highest BCUT2D eigenvalue weighted by Gasteiger charge is 2.17. The molecule has 1 aromatic heterocycles. The second kappa shape index (κ2) is 6.52. The number of morpholine rings is 1. The number of benzene rings is 1. The van der Waals surface area contributed by atoms with Crippen LogP contribution in [0.15, 0.2) is 28.7 Å². The maximum Gasteiger partial charge on any atom is 0.317 e.